The van der Waals surface area contributed by atoms with E-state index in [1.165, 1.54) is 12.1 Å². The van der Waals surface area contributed by atoms with E-state index in [9.17, 15) is 4.39 Å². The Morgan fingerprint density at radius 2 is 0.950 bits per heavy atom. The molecule has 0 aliphatic carbocycles. The molecular formula is C48H36ClFN10. The predicted octanol–water partition coefficient (Wildman–Crippen LogP) is 10.8. The molecule has 10 nitrogen and oxygen atoms in total. The number of hydrogen-bond donors (Lipinski definition) is 2. The molecule has 0 bridgehead atoms. The number of halogens is 2. The summed E-state index contributed by atoms with van der Waals surface area (Å²) in [5.74, 6) is 1.34. The summed E-state index contributed by atoms with van der Waals surface area (Å²) in [6.45, 7) is 3.94. The quantitative estimate of drug-likeness (QED) is 0.155. The number of nitrogens with one attached hydrogen (secondary N) is 2. The highest BCUT2D eigenvalue weighted by Crippen LogP contribution is 2.33. The Hall–Kier alpha value is -7.50. The van der Waals surface area contributed by atoms with E-state index < -0.39 is 0 Å². The maximum absolute atomic E-state index is 13.6. The number of pyridine rings is 2. The van der Waals surface area contributed by atoms with Crippen molar-refractivity contribution >= 4 is 33.7 Å². The molecule has 0 aliphatic heterocycles. The van der Waals surface area contributed by atoms with E-state index in [-0.39, 0.29) is 5.82 Å². The van der Waals surface area contributed by atoms with Gasteiger partial charge in [-0.2, -0.15) is 0 Å². The summed E-state index contributed by atoms with van der Waals surface area (Å²) in [5, 5.41) is 0.716. The zero-order valence-electron chi connectivity index (χ0n) is 32.6. The Morgan fingerprint density at radius 1 is 0.483 bits per heavy atom. The molecule has 0 aliphatic rings. The standard InChI is InChI=1S/C24H18ClN5.C24H18FN5/c2*1-15-4-2-7-20(28-15)24-23(17-8-9-19-21(14-17)27-11-10-26-19)29-22(30-24)13-16-5-3-6-18(25)12-16/h2*2-12,14H,13H2,1H3,(H,29,30). The van der Waals surface area contributed by atoms with Gasteiger partial charge in [0.25, 0.3) is 0 Å². The molecule has 0 fully saturated rings. The molecule has 0 saturated heterocycles. The molecule has 60 heavy (non-hydrogen) atoms. The van der Waals surface area contributed by atoms with Gasteiger partial charge in [0.05, 0.1) is 56.2 Å². The average Bonchev–Trinajstić information content (AvgIpc) is 3.88. The highest BCUT2D eigenvalue weighted by Gasteiger charge is 2.18. The van der Waals surface area contributed by atoms with Crippen molar-refractivity contribution in [1.82, 2.24) is 49.8 Å². The maximum atomic E-state index is 13.6. The molecule has 4 aromatic carbocycles. The minimum Gasteiger partial charge on any atom is -0.340 e. The van der Waals surface area contributed by atoms with Crippen LogP contribution in [-0.2, 0) is 12.8 Å². The minimum absolute atomic E-state index is 0.257. The second-order valence-electron chi connectivity index (χ2n) is 14.3. The van der Waals surface area contributed by atoms with Gasteiger partial charge in [-0.25, -0.2) is 14.4 Å². The summed E-state index contributed by atoms with van der Waals surface area (Å²) >= 11 is 6.16. The Morgan fingerprint density at radius 3 is 1.43 bits per heavy atom. The van der Waals surface area contributed by atoms with E-state index in [1.807, 2.05) is 117 Å². The van der Waals surface area contributed by atoms with Gasteiger partial charge in [0.2, 0.25) is 0 Å². The molecule has 0 amide bonds. The van der Waals surface area contributed by atoms with Crippen LogP contribution >= 0.6 is 11.6 Å². The zero-order valence-corrected chi connectivity index (χ0v) is 33.4. The van der Waals surface area contributed by atoms with Crippen molar-refractivity contribution in [3.63, 3.8) is 0 Å². The van der Waals surface area contributed by atoms with E-state index in [0.717, 1.165) is 102 Å². The second kappa shape index (κ2) is 16.8. The van der Waals surface area contributed by atoms with Gasteiger partial charge in [-0.3, -0.25) is 29.9 Å². The fraction of sp³-hybridized carbons (Fsp3) is 0.0833. The number of hydrogen-bond acceptors (Lipinski definition) is 8. The minimum atomic E-state index is -0.257. The third-order valence-corrected chi connectivity index (χ3v) is 10.0. The molecule has 10 rings (SSSR count). The van der Waals surface area contributed by atoms with Gasteiger partial charge < -0.3 is 9.97 Å². The van der Waals surface area contributed by atoms with E-state index in [2.05, 4.69) is 34.9 Å². The van der Waals surface area contributed by atoms with E-state index in [1.54, 1.807) is 30.9 Å². The lowest BCUT2D eigenvalue weighted by atomic mass is 10.1. The molecule has 10 aromatic rings. The van der Waals surface area contributed by atoms with E-state index in [0.29, 0.717) is 17.9 Å². The molecule has 6 heterocycles. The Kier molecular flexibility index (Phi) is 10.6. The van der Waals surface area contributed by atoms with Crippen molar-refractivity contribution in [2.75, 3.05) is 0 Å². The number of H-pyrrole nitrogens is 2. The topological polar surface area (TPSA) is 135 Å². The summed E-state index contributed by atoms with van der Waals surface area (Å²) in [7, 11) is 0. The first-order valence-corrected chi connectivity index (χ1v) is 19.7. The molecule has 6 aromatic heterocycles. The lowest BCUT2D eigenvalue weighted by Crippen LogP contribution is -1.92. The van der Waals surface area contributed by atoms with Gasteiger partial charge in [0, 0.05) is 65.2 Å². The van der Waals surface area contributed by atoms with E-state index >= 15 is 0 Å². The van der Waals surface area contributed by atoms with Crippen LogP contribution in [0, 0.1) is 19.7 Å². The molecule has 292 valence electrons. The van der Waals surface area contributed by atoms with Crippen LogP contribution < -0.4 is 0 Å². The SMILES string of the molecule is Cc1cccc(-c2[nH]c(Cc3cccc(Cl)c3)nc2-c2ccc3nccnc3c2)n1.Cc1cccc(-c2[nH]c(Cc3cccc(F)c3)nc2-c2ccc3nccnc3c2)n1. The summed E-state index contributed by atoms with van der Waals surface area (Å²) in [4.78, 5) is 43.6. The zero-order chi connectivity index (χ0) is 41.0. The highest BCUT2D eigenvalue weighted by atomic mass is 35.5. The van der Waals surface area contributed by atoms with Gasteiger partial charge in [-0.05, 0) is 97.8 Å². The Bertz CT molecular complexity index is 2930. The van der Waals surface area contributed by atoms with E-state index in [4.69, 9.17) is 26.6 Å². The van der Waals surface area contributed by atoms with Crippen molar-refractivity contribution in [3.8, 4) is 45.3 Å². The Balaban J connectivity index is 0.000000154. The first-order valence-electron chi connectivity index (χ1n) is 19.3. The number of fused-ring (bicyclic) bond motifs is 2. The normalized spacial score (nSPS) is 11.1. The number of aromatic nitrogens is 10. The third-order valence-electron chi connectivity index (χ3n) is 9.80. The molecule has 12 heteroatoms. The lowest BCUT2D eigenvalue weighted by molar-refractivity contribution is 0.626. The lowest BCUT2D eigenvalue weighted by Gasteiger charge is -2.04. The number of nitrogens with zero attached hydrogens (tertiary/aromatic N) is 8. The van der Waals surface area contributed by atoms with Gasteiger partial charge in [0.1, 0.15) is 17.5 Å². The van der Waals surface area contributed by atoms with Crippen LogP contribution in [-0.4, -0.2) is 49.8 Å². The van der Waals surface area contributed by atoms with Gasteiger partial charge in [-0.1, -0.05) is 60.1 Å². The largest absolute Gasteiger partial charge is 0.340 e. The number of aromatic amines is 2. The predicted molar refractivity (Wildman–Crippen MR) is 234 cm³/mol. The average molecular weight is 807 g/mol. The highest BCUT2D eigenvalue weighted by molar-refractivity contribution is 6.30. The van der Waals surface area contributed by atoms with Crippen LogP contribution in [0.1, 0.15) is 34.2 Å². The number of aryl methyl sites for hydroxylation is 2. The van der Waals surface area contributed by atoms with Crippen LogP contribution in [0.4, 0.5) is 4.39 Å². The first kappa shape index (κ1) is 38.0. The first-order chi connectivity index (χ1) is 29.3. The van der Waals surface area contributed by atoms with Gasteiger partial charge in [-0.15, -0.1) is 0 Å². The molecule has 0 radical (unpaired) electrons. The fourth-order valence-electron chi connectivity index (χ4n) is 7.07. The van der Waals surface area contributed by atoms with Crippen LogP contribution in [0.15, 0.2) is 146 Å². The van der Waals surface area contributed by atoms with Crippen LogP contribution in [0.5, 0.6) is 0 Å². The fourth-order valence-corrected chi connectivity index (χ4v) is 7.28. The van der Waals surface area contributed by atoms with Crippen LogP contribution in [0.3, 0.4) is 0 Å². The van der Waals surface area contributed by atoms with Gasteiger partial charge >= 0.3 is 0 Å². The van der Waals surface area contributed by atoms with Crippen LogP contribution in [0.25, 0.3) is 67.4 Å². The summed E-state index contributed by atoms with van der Waals surface area (Å²) in [6.07, 6.45) is 7.88. The van der Waals surface area contributed by atoms with Crippen molar-refractivity contribution in [3.05, 3.63) is 191 Å². The Labute approximate surface area is 349 Å². The molecule has 0 atom stereocenters. The molecule has 2 N–H and O–H groups in total. The smallest absolute Gasteiger partial charge is 0.123 e. The summed E-state index contributed by atoms with van der Waals surface area (Å²) in [6, 6.07) is 38.2. The molecule has 0 spiro atoms. The van der Waals surface area contributed by atoms with Crippen molar-refractivity contribution in [2.24, 2.45) is 0 Å². The molecular weight excluding hydrogens is 771 g/mol. The summed E-state index contributed by atoms with van der Waals surface area (Å²) < 4.78 is 13.6. The van der Waals surface area contributed by atoms with Crippen molar-refractivity contribution < 1.29 is 4.39 Å². The summed E-state index contributed by atoms with van der Waals surface area (Å²) in [5.41, 5.74) is 14.0. The molecule has 0 saturated carbocycles. The number of rotatable bonds is 8. The monoisotopic (exact) mass is 806 g/mol. The third kappa shape index (κ3) is 8.52. The second-order valence-corrected chi connectivity index (χ2v) is 14.7. The maximum Gasteiger partial charge on any atom is 0.123 e. The van der Waals surface area contributed by atoms with Gasteiger partial charge in [0.15, 0.2) is 0 Å². The van der Waals surface area contributed by atoms with Crippen molar-refractivity contribution in [1.29, 1.82) is 0 Å². The number of benzene rings is 4. The number of imidazole rings is 2. The van der Waals surface area contributed by atoms with Crippen LogP contribution in [0.2, 0.25) is 5.02 Å². The van der Waals surface area contributed by atoms with Crippen molar-refractivity contribution in [2.45, 2.75) is 26.7 Å². The molecule has 0 unspecified atom stereocenters.